The molecule has 0 aliphatic rings. The van der Waals surface area contributed by atoms with Crippen molar-refractivity contribution in [2.75, 3.05) is 0 Å². The maximum Gasteiger partial charge on any atom is 0.337 e. The third-order valence-corrected chi connectivity index (χ3v) is 2.20. The summed E-state index contributed by atoms with van der Waals surface area (Å²) >= 11 is 0. The molecule has 0 radical (unpaired) electrons. The van der Waals surface area contributed by atoms with Gasteiger partial charge < -0.3 is 9.67 Å². The highest BCUT2D eigenvalue weighted by atomic mass is 16.4. The van der Waals surface area contributed by atoms with Crippen molar-refractivity contribution in [3.05, 3.63) is 29.6 Å². The van der Waals surface area contributed by atoms with Crippen molar-refractivity contribution in [2.24, 2.45) is 7.05 Å². The number of carboxylic acid groups (broad SMARTS) is 1. The lowest BCUT2D eigenvalue weighted by molar-refractivity contribution is 0.0698. The maximum atomic E-state index is 10.9. The van der Waals surface area contributed by atoms with Crippen LogP contribution in [0.15, 0.2) is 18.5 Å². The number of carboxylic acids is 1. The Balaban J connectivity index is 2.88. The third-order valence-electron chi connectivity index (χ3n) is 2.20. The molecule has 0 amide bonds. The largest absolute Gasteiger partial charge is 0.478 e. The predicted molar refractivity (Wildman–Crippen MR) is 52.4 cm³/mol. The van der Waals surface area contributed by atoms with E-state index in [-0.39, 0.29) is 5.56 Å². The predicted octanol–water partition coefficient (Wildman–Crippen LogP) is 1.58. The molecule has 14 heavy (non-hydrogen) atoms. The molecule has 1 N–H and O–H groups in total. The summed E-state index contributed by atoms with van der Waals surface area (Å²) in [6.07, 6.45) is 1.62. The highest BCUT2D eigenvalue weighted by Gasteiger charge is 2.12. The van der Waals surface area contributed by atoms with Crippen LogP contribution in [0.2, 0.25) is 0 Å². The molecule has 0 bridgehead atoms. The van der Waals surface area contributed by atoms with Crippen LogP contribution in [-0.2, 0) is 7.05 Å². The number of aromatic carboxylic acids is 1. The summed E-state index contributed by atoms with van der Waals surface area (Å²) in [4.78, 5) is 15.0. The minimum absolute atomic E-state index is 0.264. The maximum absolute atomic E-state index is 10.9. The number of rotatable bonds is 1. The summed E-state index contributed by atoms with van der Waals surface area (Å²) < 4.78 is 1.81. The Bertz CT molecular complexity index is 514. The van der Waals surface area contributed by atoms with Crippen molar-refractivity contribution in [1.82, 2.24) is 9.55 Å². The van der Waals surface area contributed by atoms with Gasteiger partial charge in [-0.1, -0.05) is 0 Å². The molecule has 0 saturated carbocycles. The molecule has 0 aliphatic heterocycles. The SMILES string of the molecule is Cc1cc(C(=O)O)c2ncn(C)c2c1. The van der Waals surface area contributed by atoms with E-state index < -0.39 is 5.97 Å². The molecule has 4 nitrogen and oxygen atoms in total. The fourth-order valence-corrected chi connectivity index (χ4v) is 1.53. The Morgan fingerprint density at radius 3 is 2.86 bits per heavy atom. The van der Waals surface area contributed by atoms with Crippen LogP contribution in [0.4, 0.5) is 0 Å². The van der Waals surface area contributed by atoms with Crippen LogP contribution in [0.1, 0.15) is 15.9 Å². The minimum Gasteiger partial charge on any atom is -0.478 e. The van der Waals surface area contributed by atoms with Gasteiger partial charge in [0.1, 0.15) is 5.52 Å². The molecule has 1 aromatic heterocycles. The number of imidazole rings is 1. The Hall–Kier alpha value is -1.84. The van der Waals surface area contributed by atoms with Crippen LogP contribution in [0.3, 0.4) is 0 Å². The first kappa shape index (κ1) is 8.74. The fraction of sp³-hybridized carbons (Fsp3) is 0.200. The van der Waals surface area contributed by atoms with Gasteiger partial charge in [0.2, 0.25) is 0 Å². The van der Waals surface area contributed by atoms with Gasteiger partial charge in [-0.3, -0.25) is 0 Å². The lowest BCUT2D eigenvalue weighted by atomic mass is 10.1. The monoisotopic (exact) mass is 190 g/mol. The zero-order chi connectivity index (χ0) is 10.3. The van der Waals surface area contributed by atoms with Crippen LogP contribution in [0.5, 0.6) is 0 Å². The molecule has 0 saturated heterocycles. The van der Waals surface area contributed by atoms with Crippen LogP contribution in [0.25, 0.3) is 11.0 Å². The van der Waals surface area contributed by atoms with Crippen molar-refractivity contribution >= 4 is 17.0 Å². The van der Waals surface area contributed by atoms with Gasteiger partial charge in [0.25, 0.3) is 0 Å². The number of hydrogen-bond acceptors (Lipinski definition) is 2. The number of aryl methyl sites for hydroxylation is 2. The van der Waals surface area contributed by atoms with E-state index in [1.165, 1.54) is 0 Å². The van der Waals surface area contributed by atoms with Crippen molar-refractivity contribution < 1.29 is 9.90 Å². The normalized spacial score (nSPS) is 10.7. The quantitative estimate of drug-likeness (QED) is 0.742. The van der Waals surface area contributed by atoms with Crippen molar-refractivity contribution in [1.29, 1.82) is 0 Å². The Morgan fingerprint density at radius 2 is 2.21 bits per heavy atom. The number of carbonyl (C=O) groups is 1. The molecule has 2 rings (SSSR count). The zero-order valence-electron chi connectivity index (χ0n) is 7.98. The topological polar surface area (TPSA) is 55.1 Å². The molecular formula is C10H10N2O2. The first-order chi connectivity index (χ1) is 6.59. The molecule has 0 fully saturated rings. The van der Waals surface area contributed by atoms with Gasteiger partial charge in [-0.2, -0.15) is 0 Å². The van der Waals surface area contributed by atoms with Gasteiger partial charge in [-0.15, -0.1) is 0 Å². The lowest BCUT2D eigenvalue weighted by Gasteiger charge is -2.00. The first-order valence-corrected chi connectivity index (χ1v) is 4.24. The second kappa shape index (κ2) is 2.83. The number of benzene rings is 1. The molecule has 0 aliphatic carbocycles. The Labute approximate surface area is 80.8 Å². The van der Waals surface area contributed by atoms with E-state index in [1.807, 2.05) is 24.6 Å². The fourth-order valence-electron chi connectivity index (χ4n) is 1.53. The smallest absolute Gasteiger partial charge is 0.337 e. The number of aromatic nitrogens is 2. The number of fused-ring (bicyclic) bond motifs is 1. The standard InChI is InChI=1S/C10H10N2O2/c1-6-3-7(10(13)14)9-8(4-6)12(2)5-11-9/h3-5H,1-2H3,(H,13,14). The summed E-state index contributed by atoms with van der Waals surface area (Å²) in [6, 6.07) is 3.56. The lowest BCUT2D eigenvalue weighted by Crippen LogP contribution is -1.98. The van der Waals surface area contributed by atoms with Crippen molar-refractivity contribution in [2.45, 2.75) is 6.92 Å². The van der Waals surface area contributed by atoms with Crippen LogP contribution >= 0.6 is 0 Å². The number of hydrogen-bond donors (Lipinski definition) is 1. The van der Waals surface area contributed by atoms with Gasteiger partial charge >= 0.3 is 5.97 Å². The van der Waals surface area contributed by atoms with Crippen LogP contribution in [0, 0.1) is 6.92 Å². The molecule has 2 aromatic rings. The van der Waals surface area contributed by atoms with E-state index in [0.717, 1.165) is 11.1 Å². The van der Waals surface area contributed by atoms with E-state index in [2.05, 4.69) is 4.98 Å². The molecule has 0 atom stereocenters. The average molecular weight is 190 g/mol. The van der Waals surface area contributed by atoms with Crippen molar-refractivity contribution in [3.63, 3.8) is 0 Å². The van der Waals surface area contributed by atoms with Crippen LogP contribution < -0.4 is 0 Å². The molecule has 4 heteroatoms. The zero-order valence-corrected chi connectivity index (χ0v) is 7.98. The molecule has 1 heterocycles. The Kier molecular flexibility index (Phi) is 1.77. The summed E-state index contributed by atoms with van der Waals surface area (Å²) in [7, 11) is 1.85. The Morgan fingerprint density at radius 1 is 1.50 bits per heavy atom. The van der Waals surface area contributed by atoms with E-state index in [1.54, 1.807) is 12.4 Å². The highest BCUT2D eigenvalue weighted by Crippen LogP contribution is 2.19. The van der Waals surface area contributed by atoms with E-state index in [9.17, 15) is 4.79 Å². The third kappa shape index (κ3) is 1.16. The van der Waals surface area contributed by atoms with Gasteiger partial charge in [-0.25, -0.2) is 9.78 Å². The second-order valence-corrected chi connectivity index (χ2v) is 3.34. The first-order valence-electron chi connectivity index (χ1n) is 4.24. The molecule has 1 aromatic carbocycles. The van der Waals surface area contributed by atoms with Gasteiger partial charge in [-0.05, 0) is 24.6 Å². The highest BCUT2D eigenvalue weighted by molar-refractivity contribution is 6.01. The van der Waals surface area contributed by atoms with E-state index in [0.29, 0.717) is 5.52 Å². The number of nitrogens with zero attached hydrogens (tertiary/aromatic N) is 2. The summed E-state index contributed by atoms with van der Waals surface area (Å²) in [5, 5.41) is 8.97. The molecule has 0 unspecified atom stereocenters. The van der Waals surface area contributed by atoms with Gasteiger partial charge in [0.05, 0.1) is 17.4 Å². The summed E-state index contributed by atoms with van der Waals surface area (Å²) in [6.45, 7) is 1.87. The minimum atomic E-state index is -0.933. The molecular weight excluding hydrogens is 180 g/mol. The summed E-state index contributed by atoms with van der Waals surface area (Å²) in [5.74, 6) is -0.933. The molecule has 0 spiro atoms. The second-order valence-electron chi connectivity index (χ2n) is 3.34. The van der Waals surface area contributed by atoms with Gasteiger partial charge in [0, 0.05) is 7.05 Å². The average Bonchev–Trinajstić information content (AvgIpc) is 2.47. The molecule has 72 valence electrons. The van der Waals surface area contributed by atoms with E-state index >= 15 is 0 Å². The van der Waals surface area contributed by atoms with Crippen LogP contribution in [-0.4, -0.2) is 20.6 Å². The summed E-state index contributed by atoms with van der Waals surface area (Å²) in [5.41, 5.74) is 2.59. The van der Waals surface area contributed by atoms with Crippen molar-refractivity contribution in [3.8, 4) is 0 Å². The van der Waals surface area contributed by atoms with E-state index in [4.69, 9.17) is 5.11 Å². The van der Waals surface area contributed by atoms with Gasteiger partial charge in [0.15, 0.2) is 0 Å².